The first-order valence-electron chi connectivity index (χ1n) is 4.80. The topological polar surface area (TPSA) is 34.5 Å². The van der Waals surface area contributed by atoms with Gasteiger partial charge in [0.2, 0.25) is 0 Å². The van der Waals surface area contributed by atoms with Crippen LogP contribution in [0.3, 0.4) is 0 Å². The minimum Gasteiger partial charge on any atom is -0.399 e. The average molecular weight is 227 g/mol. The highest BCUT2D eigenvalue weighted by Gasteiger charge is 2.09. The summed E-state index contributed by atoms with van der Waals surface area (Å²) in [6, 6.07) is 3.77. The number of aromatic nitrogens is 1. The van der Waals surface area contributed by atoms with Gasteiger partial charge >= 0.3 is 0 Å². The number of rotatable bonds is 3. The largest absolute Gasteiger partial charge is 0.399 e. The molecule has 1 heterocycles. The van der Waals surface area contributed by atoms with E-state index < -0.39 is 0 Å². The van der Waals surface area contributed by atoms with Gasteiger partial charge in [-0.05, 0) is 25.0 Å². The third-order valence-corrected chi connectivity index (χ3v) is 2.33. The van der Waals surface area contributed by atoms with Crippen molar-refractivity contribution in [2.24, 2.45) is 5.16 Å². The van der Waals surface area contributed by atoms with Crippen LogP contribution >= 0.6 is 11.6 Å². The molecule has 4 heteroatoms. The van der Waals surface area contributed by atoms with Gasteiger partial charge in [-0.15, -0.1) is 0 Å². The van der Waals surface area contributed by atoms with E-state index in [1.165, 1.54) is 7.11 Å². The lowest BCUT2D eigenvalue weighted by atomic mass is 10.1. The van der Waals surface area contributed by atoms with Gasteiger partial charge < -0.3 is 4.84 Å². The number of halogens is 1. The summed E-state index contributed by atoms with van der Waals surface area (Å²) < 4.78 is 0. The second-order valence-corrected chi connectivity index (χ2v) is 3.99. The molecule has 0 aliphatic rings. The van der Waals surface area contributed by atoms with Gasteiger partial charge in [0.05, 0.1) is 5.02 Å². The molecule has 0 atom stereocenters. The summed E-state index contributed by atoms with van der Waals surface area (Å²) in [6.07, 6.45) is 0. The smallest absolute Gasteiger partial charge is 0.106 e. The Morgan fingerprint density at radius 3 is 2.67 bits per heavy atom. The maximum absolute atomic E-state index is 6.03. The maximum atomic E-state index is 6.03. The Hall–Kier alpha value is -1.09. The quantitative estimate of drug-likeness (QED) is 0.586. The van der Waals surface area contributed by atoms with E-state index in [0.717, 1.165) is 5.69 Å². The van der Waals surface area contributed by atoms with Crippen molar-refractivity contribution < 1.29 is 4.84 Å². The number of pyridine rings is 1. The van der Waals surface area contributed by atoms with Crippen LogP contribution in [0, 0.1) is 0 Å². The molecule has 0 bridgehead atoms. The SMILES string of the molecule is CO/N=C(\C)c1nc(C(C)C)ccc1Cl. The number of nitrogens with zero attached hydrogens (tertiary/aromatic N) is 2. The summed E-state index contributed by atoms with van der Waals surface area (Å²) >= 11 is 6.03. The molecule has 1 aromatic rings. The van der Waals surface area contributed by atoms with E-state index in [-0.39, 0.29) is 0 Å². The van der Waals surface area contributed by atoms with Crippen LogP contribution in [0.5, 0.6) is 0 Å². The van der Waals surface area contributed by atoms with Crippen molar-refractivity contribution in [2.45, 2.75) is 26.7 Å². The summed E-state index contributed by atoms with van der Waals surface area (Å²) in [7, 11) is 1.50. The molecule has 0 spiro atoms. The van der Waals surface area contributed by atoms with E-state index >= 15 is 0 Å². The van der Waals surface area contributed by atoms with Gasteiger partial charge in [-0.25, -0.2) is 4.98 Å². The van der Waals surface area contributed by atoms with E-state index in [0.29, 0.717) is 22.3 Å². The summed E-state index contributed by atoms with van der Waals surface area (Å²) in [6.45, 7) is 5.99. The molecule has 0 unspecified atom stereocenters. The predicted molar refractivity (Wildman–Crippen MR) is 62.6 cm³/mol. The van der Waals surface area contributed by atoms with Crippen LogP contribution in [0.15, 0.2) is 17.3 Å². The Bertz CT molecular complexity index is 375. The fourth-order valence-corrected chi connectivity index (χ4v) is 1.45. The van der Waals surface area contributed by atoms with E-state index in [2.05, 4.69) is 24.0 Å². The second kappa shape index (κ2) is 5.12. The van der Waals surface area contributed by atoms with Crippen LogP contribution < -0.4 is 0 Å². The summed E-state index contributed by atoms with van der Waals surface area (Å²) in [5.41, 5.74) is 2.37. The fraction of sp³-hybridized carbons (Fsp3) is 0.455. The highest BCUT2D eigenvalue weighted by atomic mass is 35.5. The van der Waals surface area contributed by atoms with Crippen molar-refractivity contribution in [1.82, 2.24) is 4.98 Å². The first kappa shape index (κ1) is 12.0. The van der Waals surface area contributed by atoms with E-state index in [1.807, 2.05) is 19.1 Å². The highest BCUT2D eigenvalue weighted by Crippen LogP contribution is 2.19. The monoisotopic (exact) mass is 226 g/mol. The zero-order valence-electron chi connectivity index (χ0n) is 9.41. The van der Waals surface area contributed by atoms with Gasteiger partial charge in [0.1, 0.15) is 18.5 Å². The minimum absolute atomic E-state index is 0.372. The molecule has 3 nitrogen and oxygen atoms in total. The normalized spacial score (nSPS) is 12.0. The minimum atomic E-state index is 0.372. The maximum Gasteiger partial charge on any atom is 0.106 e. The molecular formula is C11H15ClN2O. The molecule has 0 radical (unpaired) electrons. The van der Waals surface area contributed by atoms with Crippen LogP contribution in [0.25, 0.3) is 0 Å². The Balaban J connectivity index is 3.16. The van der Waals surface area contributed by atoms with Crippen LogP contribution in [0.1, 0.15) is 38.1 Å². The molecule has 0 aliphatic heterocycles. The Kier molecular flexibility index (Phi) is 4.09. The van der Waals surface area contributed by atoms with Crippen molar-refractivity contribution in [3.8, 4) is 0 Å². The molecule has 0 saturated carbocycles. The van der Waals surface area contributed by atoms with Gasteiger partial charge in [-0.1, -0.05) is 30.6 Å². The Morgan fingerprint density at radius 1 is 1.47 bits per heavy atom. The number of hydrogen-bond acceptors (Lipinski definition) is 3. The first-order valence-corrected chi connectivity index (χ1v) is 5.18. The average Bonchev–Trinajstić information content (AvgIpc) is 2.18. The molecule has 0 N–H and O–H groups in total. The van der Waals surface area contributed by atoms with E-state index in [4.69, 9.17) is 16.4 Å². The lowest BCUT2D eigenvalue weighted by Crippen LogP contribution is -2.04. The number of oxime groups is 1. The van der Waals surface area contributed by atoms with Gasteiger partial charge in [0.15, 0.2) is 0 Å². The third-order valence-electron chi connectivity index (χ3n) is 2.03. The zero-order valence-corrected chi connectivity index (χ0v) is 10.2. The Morgan fingerprint density at radius 2 is 2.13 bits per heavy atom. The van der Waals surface area contributed by atoms with Gasteiger partial charge in [-0.2, -0.15) is 0 Å². The molecule has 0 saturated heterocycles. The standard InChI is InChI=1S/C11H15ClN2O/c1-7(2)10-6-5-9(12)11(13-10)8(3)14-15-4/h5-7H,1-4H3/b14-8+. The zero-order chi connectivity index (χ0) is 11.4. The first-order chi connectivity index (χ1) is 7.06. The van der Waals surface area contributed by atoms with Crippen molar-refractivity contribution in [3.05, 3.63) is 28.5 Å². The molecular weight excluding hydrogens is 212 g/mol. The van der Waals surface area contributed by atoms with Gasteiger partial charge in [0.25, 0.3) is 0 Å². The van der Waals surface area contributed by atoms with Crippen molar-refractivity contribution in [3.63, 3.8) is 0 Å². The molecule has 15 heavy (non-hydrogen) atoms. The second-order valence-electron chi connectivity index (χ2n) is 3.58. The van der Waals surface area contributed by atoms with Crippen molar-refractivity contribution >= 4 is 17.3 Å². The predicted octanol–water partition coefficient (Wildman–Crippen LogP) is 3.23. The fourth-order valence-electron chi connectivity index (χ4n) is 1.21. The van der Waals surface area contributed by atoms with Crippen LogP contribution in [0.4, 0.5) is 0 Å². The third kappa shape index (κ3) is 2.93. The summed E-state index contributed by atoms with van der Waals surface area (Å²) in [4.78, 5) is 9.15. The van der Waals surface area contributed by atoms with Crippen LogP contribution in [-0.2, 0) is 4.84 Å². The van der Waals surface area contributed by atoms with E-state index in [9.17, 15) is 0 Å². The molecule has 0 amide bonds. The van der Waals surface area contributed by atoms with Crippen molar-refractivity contribution in [2.75, 3.05) is 7.11 Å². The summed E-state index contributed by atoms with van der Waals surface area (Å²) in [5, 5.41) is 4.42. The molecule has 1 rings (SSSR count). The van der Waals surface area contributed by atoms with Gasteiger partial charge in [0, 0.05) is 5.69 Å². The van der Waals surface area contributed by atoms with Crippen molar-refractivity contribution in [1.29, 1.82) is 0 Å². The van der Waals surface area contributed by atoms with Crippen LogP contribution in [-0.4, -0.2) is 17.8 Å². The Labute approximate surface area is 95.1 Å². The lowest BCUT2D eigenvalue weighted by Gasteiger charge is -2.08. The molecule has 0 aliphatic carbocycles. The van der Waals surface area contributed by atoms with Crippen LogP contribution in [0.2, 0.25) is 5.02 Å². The molecule has 82 valence electrons. The lowest BCUT2D eigenvalue weighted by molar-refractivity contribution is 0.213. The van der Waals surface area contributed by atoms with E-state index in [1.54, 1.807) is 0 Å². The molecule has 0 fully saturated rings. The van der Waals surface area contributed by atoms with Gasteiger partial charge in [-0.3, -0.25) is 0 Å². The number of hydrogen-bond donors (Lipinski definition) is 0. The summed E-state index contributed by atoms with van der Waals surface area (Å²) in [5.74, 6) is 0.372. The molecule has 1 aromatic heterocycles. The highest BCUT2D eigenvalue weighted by molar-refractivity contribution is 6.33. The molecule has 0 aromatic carbocycles.